The second kappa shape index (κ2) is 6.38. The minimum atomic E-state index is 0. The van der Waals surface area contributed by atoms with E-state index in [1.807, 2.05) is 6.07 Å². The van der Waals surface area contributed by atoms with E-state index < -0.39 is 0 Å². The largest absolute Gasteiger partial charge is 0.357 e. The topological polar surface area (TPSA) is 27.8 Å². The van der Waals surface area contributed by atoms with Crippen LogP contribution in [0.15, 0.2) is 60.7 Å². The predicted octanol–water partition coefficient (Wildman–Crippen LogP) is 5.63. The molecule has 2 heterocycles. The van der Waals surface area contributed by atoms with Gasteiger partial charge in [-0.1, -0.05) is 54.1 Å². The third kappa shape index (κ3) is 2.62. The van der Waals surface area contributed by atoms with E-state index in [-0.39, 0.29) is 18.4 Å². The van der Waals surface area contributed by atoms with Crippen molar-refractivity contribution in [1.82, 2.24) is 10.3 Å². The average molecular weight is 369 g/mol. The van der Waals surface area contributed by atoms with Crippen LogP contribution in [0.1, 0.15) is 22.9 Å². The van der Waals surface area contributed by atoms with E-state index in [0.717, 1.165) is 18.0 Å². The highest BCUT2D eigenvalue weighted by atomic mass is 35.5. The number of hydrogen-bond acceptors (Lipinski definition) is 1. The summed E-state index contributed by atoms with van der Waals surface area (Å²) >= 11 is 6.22. The summed E-state index contributed by atoms with van der Waals surface area (Å²) in [5, 5.41) is 8.33. The first-order chi connectivity index (χ1) is 11.8. The monoisotopic (exact) mass is 368 g/mol. The lowest BCUT2D eigenvalue weighted by atomic mass is 9.91. The molecule has 1 aliphatic rings. The van der Waals surface area contributed by atoms with Crippen molar-refractivity contribution in [3.8, 4) is 0 Å². The van der Waals surface area contributed by atoms with Crippen molar-refractivity contribution in [1.29, 1.82) is 0 Å². The number of H-pyrrole nitrogens is 1. The number of halogens is 2. The minimum Gasteiger partial charge on any atom is -0.357 e. The van der Waals surface area contributed by atoms with Gasteiger partial charge in [0.1, 0.15) is 0 Å². The lowest BCUT2D eigenvalue weighted by Gasteiger charge is -2.26. The summed E-state index contributed by atoms with van der Waals surface area (Å²) in [7, 11) is 0. The average Bonchev–Trinajstić information content (AvgIpc) is 2.99. The fraction of sp³-hybridized carbons (Fsp3) is 0.143. The molecule has 2 nitrogen and oxygen atoms in total. The van der Waals surface area contributed by atoms with E-state index in [1.54, 1.807) is 0 Å². The highest BCUT2D eigenvalue weighted by Gasteiger charge is 2.26. The number of fused-ring (bicyclic) bond motifs is 4. The molecule has 0 aliphatic carbocycles. The van der Waals surface area contributed by atoms with Gasteiger partial charge in [-0.25, -0.2) is 0 Å². The Labute approximate surface area is 157 Å². The Kier molecular flexibility index (Phi) is 4.20. The van der Waals surface area contributed by atoms with Crippen LogP contribution >= 0.6 is 24.0 Å². The predicted molar refractivity (Wildman–Crippen MR) is 108 cm³/mol. The molecule has 4 heteroatoms. The first kappa shape index (κ1) is 16.5. The van der Waals surface area contributed by atoms with Crippen molar-refractivity contribution >= 4 is 45.7 Å². The number of nitrogens with one attached hydrogen (secondary N) is 2. The van der Waals surface area contributed by atoms with Crippen LogP contribution in [-0.2, 0) is 6.42 Å². The number of rotatable bonds is 1. The van der Waals surface area contributed by atoms with Gasteiger partial charge in [-0.15, -0.1) is 12.4 Å². The molecule has 0 amide bonds. The lowest BCUT2D eigenvalue weighted by molar-refractivity contribution is 0.563. The molecule has 0 spiro atoms. The van der Waals surface area contributed by atoms with Crippen LogP contribution < -0.4 is 5.32 Å². The second-order valence-corrected chi connectivity index (χ2v) is 6.85. The van der Waals surface area contributed by atoms with E-state index in [2.05, 4.69) is 64.9 Å². The molecule has 1 aromatic heterocycles. The maximum atomic E-state index is 6.22. The van der Waals surface area contributed by atoms with E-state index in [1.165, 1.54) is 38.5 Å². The lowest BCUT2D eigenvalue weighted by Crippen LogP contribution is -2.30. The van der Waals surface area contributed by atoms with Crippen LogP contribution in [-0.4, -0.2) is 11.5 Å². The van der Waals surface area contributed by atoms with Crippen molar-refractivity contribution in [2.45, 2.75) is 12.5 Å². The van der Waals surface area contributed by atoms with Crippen LogP contribution in [0.4, 0.5) is 0 Å². The van der Waals surface area contributed by atoms with Crippen LogP contribution in [0.2, 0.25) is 5.02 Å². The Hall–Kier alpha value is -2.00. The Bertz CT molecular complexity index is 1060. The Morgan fingerprint density at radius 1 is 0.920 bits per heavy atom. The highest BCUT2D eigenvalue weighted by molar-refractivity contribution is 6.31. The van der Waals surface area contributed by atoms with Crippen molar-refractivity contribution < 1.29 is 0 Å². The smallest absolute Gasteiger partial charge is 0.0738 e. The van der Waals surface area contributed by atoms with Crippen molar-refractivity contribution in [2.24, 2.45) is 0 Å². The van der Waals surface area contributed by atoms with Crippen molar-refractivity contribution in [2.75, 3.05) is 6.54 Å². The van der Waals surface area contributed by atoms with Gasteiger partial charge in [0.25, 0.3) is 0 Å². The summed E-state index contributed by atoms with van der Waals surface area (Å²) in [6.07, 6.45) is 1.02. The van der Waals surface area contributed by atoms with Gasteiger partial charge >= 0.3 is 0 Å². The Morgan fingerprint density at radius 3 is 2.68 bits per heavy atom. The second-order valence-electron chi connectivity index (χ2n) is 6.41. The van der Waals surface area contributed by atoms with Gasteiger partial charge in [-0.2, -0.15) is 0 Å². The molecule has 0 saturated heterocycles. The zero-order valence-electron chi connectivity index (χ0n) is 13.6. The minimum absolute atomic E-state index is 0. The van der Waals surface area contributed by atoms with Crippen LogP contribution in [0.25, 0.3) is 21.7 Å². The molecule has 0 saturated carbocycles. The molecule has 0 fully saturated rings. The van der Waals surface area contributed by atoms with Crippen LogP contribution in [0, 0.1) is 0 Å². The Balaban J connectivity index is 0.00000157. The molecule has 4 aromatic rings. The molecular weight excluding hydrogens is 351 g/mol. The maximum Gasteiger partial charge on any atom is 0.0738 e. The summed E-state index contributed by atoms with van der Waals surface area (Å²) in [6.45, 7) is 0.973. The first-order valence-electron chi connectivity index (χ1n) is 8.32. The van der Waals surface area contributed by atoms with Gasteiger partial charge in [0.15, 0.2) is 0 Å². The quantitative estimate of drug-likeness (QED) is 0.447. The summed E-state index contributed by atoms with van der Waals surface area (Å²) < 4.78 is 0. The van der Waals surface area contributed by atoms with Crippen molar-refractivity contribution in [3.63, 3.8) is 0 Å². The van der Waals surface area contributed by atoms with Gasteiger partial charge < -0.3 is 10.3 Å². The highest BCUT2D eigenvalue weighted by Crippen LogP contribution is 2.36. The van der Waals surface area contributed by atoms with E-state index in [9.17, 15) is 0 Å². The molecule has 1 atom stereocenters. The number of benzene rings is 3. The summed E-state index contributed by atoms with van der Waals surface area (Å²) in [5.41, 5.74) is 5.16. The van der Waals surface area contributed by atoms with Gasteiger partial charge in [-0.05, 0) is 46.5 Å². The number of aromatic amines is 1. The molecule has 1 unspecified atom stereocenters. The number of aromatic nitrogens is 1. The number of hydrogen-bond donors (Lipinski definition) is 2. The summed E-state index contributed by atoms with van der Waals surface area (Å²) in [4.78, 5) is 3.64. The molecule has 3 aromatic carbocycles. The maximum absolute atomic E-state index is 6.22. The SMILES string of the molecule is Cl.Clc1ccc2[nH]c3c(c2c1)CCNC3c1cccc2ccccc12. The van der Waals surface area contributed by atoms with E-state index in [4.69, 9.17) is 11.6 Å². The molecule has 25 heavy (non-hydrogen) atoms. The van der Waals surface area contributed by atoms with Crippen LogP contribution in [0.3, 0.4) is 0 Å². The molecular formula is C21H18Cl2N2. The zero-order chi connectivity index (χ0) is 16.1. The molecule has 0 bridgehead atoms. The zero-order valence-corrected chi connectivity index (χ0v) is 15.1. The molecule has 5 rings (SSSR count). The third-order valence-electron chi connectivity index (χ3n) is 5.05. The summed E-state index contributed by atoms with van der Waals surface area (Å²) in [5.74, 6) is 0. The van der Waals surface area contributed by atoms with Gasteiger partial charge in [-0.3, -0.25) is 0 Å². The van der Waals surface area contributed by atoms with E-state index in [0.29, 0.717) is 0 Å². The van der Waals surface area contributed by atoms with E-state index >= 15 is 0 Å². The molecule has 2 N–H and O–H groups in total. The molecule has 1 aliphatic heterocycles. The van der Waals surface area contributed by atoms with Crippen molar-refractivity contribution in [3.05, 3.63) is 82.5 Å². The van der Waals surface area contributed by atoms with Gasteiger partial charge in [0.05, 0.1) is 6.04 Å². The molecule has 126 valence electrons. The summed E-state index contributed by atoms with van der Waals surface area (Å²) in [6, 6.07) is 21.4. The van der Waals surface area contributed by atoms with Crippen LogP contribution in [0.5, 0.6) is 0 Å². The fourth-order valence-corrected chi connectivity index (χ4v) is 4.14. The normalized spacial score (nSPS) is 16.6. The first-order valence-corrected chi connectivity index (χ1v) is 8.70. The fourth-order valence-electron chi connectivity index (χ4n) is 3.97. The van der Waals surface area contributed by atoms with Gasteiger partial charge in [0, 0.05) is 28.2 Å². The van der Waals surface area contributed by atoms with Gasteiger partial charge in [0.2, 0.25) is 0 Å². The third-order valence-corrected chi connectivity index (χ3v) is 5.28. The Morgan fingerprint density at radius 2 is 1.76 bits per heavy atom. The standard InChI is InChI=1S/C21H17ClN2.ClH/c22-14-8-9-19-18(12-14)17-10-11-23-20(21(17)24-19)16-7-3-5-13-4-1-2-6-15(13)16;/h1-9,12,20,23-24H,10-11H2;1H. The molecule has 0 radical (unpaired) electrons.